The Labute approximate surface area is 203 Å². The van der Waals surface area contributed by atoms with Gasteiger partial charge in [0.15, 0.2) is 0 Å². The lowest BCUT2D eigenvalue weighted by atomic mass is 10.0. The normalized spacial score (nSPS) is 14.7. The van der Waals surface area contributed by atoms with Crippen LogP contribution in [0, 0.1) is 5.92 Å². The van der Waals surface area contributed by atoms with Crippen LogP contribution in [0.5, 0.6) is 0 Å². The maximum absolute atomic E-state index is 13.0. The van der Waals surface area contributed by atoms with Gasteiger partial charge in [-0.3, -0.25) is 14.4 Å². The van der Waals surface area contributed by atoms with E-state index in [1.165, 1.54) is 24.3 Å². The first kappa shape index (κ1) is 28.8. The zero-order chi connectivity index (χ0) is 25.0. The molecule has 3 amide bonds. The third-order valence-corrected chi connectivity index (χ3v) is 5.72. The van der Waals surface area contributed by atoms with Crippen LogP contribution in [0.4, 0.5) is 0 Å². The Hall–Kier alpha value is -2.25. The van der Waals surface area contributed by atoms with Crippen LogP contribution >= 0.6 is 24.4 Å². The average molecular weight is 503 g/mol. The number of aliphatic carboxylic acids is 1. The molecule has 0 aromatic carbocycles. The summed E-state index contributed by atoms with van der Waals surface area (Å²) in [5.41, 5.74) is 6.54. The SMILES string of the molecule is CSCCC(NC(=O)C(CS)NC(=O)C(Cc1cnc[nH]1)NC(=O)C(N)CC(C)C)C(=O)O. The largest absolute Gasteiger partial charge is 0.480 e. The smallest absolute Gasteiger partial charge is 0.326 e. The second-order valence-electron chi connectivity index (χ2n) is 8.00. The molecule has 13 heteroatoms. The van der Waals surface area contributed by atoms with E-state index in [9.17, 15) is 24.3 Å². The van der Waals surface area contributed by atoms with Gasteiger partial charge in [-0.25, -0.2) is 9.78 Å². The zero-order valence-corrected chi connectivity index (χ0v) is 20.7. The standard InChI is InChI=1S/C20H34N6O5S2/c1-11(2)6-13(21)17(27)25-15(7-12-8-22-10-23-12)18(28)26-16(9-32)19(29)24-14(20(30)31)4-5-33-3/h8,10-11,13-16,32H,4-7,9,21H2,1-3H3,(H,22,23)(H,24,29)(H,25,27)(H,26,28)(H,30,31). The van der Waals surface area contributed by atoms with Crippen molar-refractivity contribution in [2.24, 2.45) is 11.7 Å². The molecule has 0 bridgehead atoms. The van der Waals surface area contributed by atoms with Crippen molar-refractivity contribution < 1.29 is 24.3 Å². The molecule has 4 unspecified atom stereocenters. The molecule has 0 saturated heterocycles. The van der Waals surface area contributed by atoms with Crippen LogP contribution in [-0.4, -0.2) is 80.7 Å². The van der Waals surface area contributed by atoms with Gasteiger partial charge in [-0.15, -0.1) is 0 Å². The van der Waals surface area contributed by atoms with E-state index in [0.29, 0.717) is 17.9 Å². The van der Waals surface area contributed by atoms with Gasteiger partial charge in [-0.1, -0.05) is 13.8 Å². The Morgan fingerprint density at radius 3 is 2.24 bits per heavy atom. The van der Waals surface area contributed by atoms with Crippen molar-refractivity contribution in [1.29, 1.82) is 0 Å². The van der Waals surface area contributed by atoms with Crippen molar-refractivity contribution in [2.45, 2.75) is 57.3 Å². The predicted molar refractivity (Wildman–Crippen MR) is 130 cm³/mol. The minimum absolute atomic E-state index is 0.0654. The highest BCUT2D eigenvalue weighted by molar-refractivity contribution is 7.98. The van der Waals surface area contributed by atoms with Gasteiger partial charge in [0, 0.05) is 24.1 Å². The van der Waals surface area contributed by atoms with Gasteiger partial charge in [0.1, 0.15) is 18.1 Å². The molecule has 4 atom stereocenters. The lowest BCUT2D eigenvalue weighted by Gasteiger charge is -2.24. The third-order valence-electron chi connectivity index (χ3n) is 4.71. The Bertz CT molecular complexity index is 777. The highest BCUT2D eigenvalue weighted by Crippen LogP contribution is 2.06. The topological polar surface area (TPSA) is 179 Å². The molecule has 0 aliphatic carbocycles. The number of H-pyrrole nitrogens is 1. The molecule has 0 fully saturated rings. The number of carboxylic acid groups (broad SMARTS) is 1. The van der Waals surface area contributed by atoms with Crippen molar-refractivity contribution in [1.82, 2.24) is 25.9 Å². The van der Waals surface area contributed by atoms with Crippen molar-refractivity contribution >= 4 is 48.1 Å². The highest BCUT2D eigenvalue weighted by atomic mass is 32.2. The van der Waals surface area contributed by atoms with Crippen LogP contribution < -0.4 is 21.7 Å². The summed E-state index contributed by atoms with van der Waals surface area (Å²) in [6, 6.07) is -4.00. The van der Waals surface area contributed by atoms with E-state index >= 15 is 0 Å². The number of aromatic nitrogens is 2. The molecule has 1 aromatic rings. The monoisotopic (exact) mass is 502 g/mol. The number of amides is 3. The summed E-state index contributed by atoms with van der Waals surface area (Å²) in [7, 11) is 0. The zero-order valence-electron chi connectivity index (χ0n) is 19.0. The Morgan fingerprint density at radius 1 is 1.12 bits per heavy atom. The van der Waals surface area contributed by atoms with Crippen LogP contribution in [0.2, 0.25) is 0 Å². The summed E-state index contributed by atoms with van der Waals surface area (Å²) in [4.78, 5) is 56.3. The van der Waals surface area contributed by atoms with Gasteiger partial charge in [0.05, 0.1) is 12.4 Å². The van der Waals surface area contributed by atoms with E-state index in [0.717, 1.165) is 0 Å². The lowest BCUT2D eigenvalue weighted by Crippen LogP contribution is -2.58. The number of nitrogens with zero attached hydrogens (tertiary/aromatic N) is 1. The number of aromatic amines is 1. The molecule has 0 aliphatic heterocycles. The molecule has 0 radical (unpaired) electrons. The molecule has 0 spiro atoms. The summed E-state index contributed by atoms with van der Waals surface area (Å²) in [6.07, 6.45) is 5.57. The maximum atomic E-state index is 13.0. The van der Waals surface area contributed by atoms with Gasteiger partial charge in [-0.2, -0.15) is 24.4 Å². The molecular formula is C20H34N6O5S2. The second-order valence-corrected chi connectivity index (χ2v) is 9.35. The molecule has 33 heavy (non-hydrogen) atoms. The van der Waals surface area contributed by atoms with E-state index < -0.39 is 47.9 Å². The molecule has 7 N–H and O–H groups in total. The molecular weight excluding hydrogens is 468 g/mol. The van der Waals surface area contributed by atoms with E-state index in [1.54, 1.807) is 0 Å². The van der Waals surface area contributed by atoms with Crippen molar-refractivity contribution in [3.05, 3.63) is 18.2 Å². The molecule has 1 aromatic heterocycles. The highest BCUT2D eigenvalue weighted by Gasteiger charge is 2.30. The number of carbonyl (C=O) groups is 4. The molecule has 1 heterocycles. The number of carboxylic acids is 1. The number of rotatable bonds is 15. The van der Waals surface area contributed by atoms with Crippen LogP contribution in [0.15, 0.2) is 12.5 Å². The summed E-state index contributed by atoms with van der Waals surface area (Å²) >= 11 is 5.58. The van der Waals surface area contributed by atoms with Crippen LogP contribution in [0.25, 0.3) is 0 Å². The number of hydrogen-bond acceptors (Lipinski definition) is 8. The molecule has 0 saturated carbocycles. The Balaban J connectivity index is 2.90. The number of nitrogens with one attached hydrogen (secondary N) is 4. The van der Waals surface area contributed by atoms with E-state index in [1.807, 2.05) is 20.1 Å². The Kier molecular flexibility index (Phi) is 12.9. The van der Waals surface area contributed by atoms with Crippen LogP contribution in [0.3, 0.4) is 0 Å². The number of imidazole rings is 1. The lowest BCUT2D eigenvalue weighted by molar-refractivity contribution is -0.142. The van der Waals surface area contributed by atoms with Gasteiger partial charge in [-0.05, 0) is 30.8 Å². The summed E-state index contributed by atoms with van der Waals surface area (Å²) < 4.78 is 0. The Morgan fingerprint density at radius 2 is 1.73 bits per heavy atom. The fourth-order valence-corrected chi connectivity index (χ4v) is 3.68. The van der Waals surface area contributed by atoms with Gasteiger partial charge in [0.25, 0.3) is 0 Å². The second kappa shape index (κ2) is 14.8. The van der Waals surface area contributed by atoms with Gasteiger partial charge < -0.3 is 31.8 Å². The van der Waals surface area contributed by atoms with Gasteiger partial charge >= 0.3 is 5.97 Å². The summed E-state index contributed by atoms with van der Waals surface area (Å²) in [5.74, 6) is -2.27. The molecule has 186 valence electrons. The fraction of sp³-hybridized carbons (Fsp3) is 0.650. The van der Waals surface area contributed by atoms with Crippen molar-refractivity contribution in [2.75, 3.05) is 17.8 Å². The predicted octanol–water partition coefficient (Wildman–Crippen LogP) is -0.452. The van der Waals surface area contributed by atoms with Crippen LogP contribution in [-0.2, 0) is 25.6 Å². The number of hydrogen-bond donors (Lipinski definition) is 7. The van der Waals surface area contributed by atoms with E-state index in [2.05, 4.69) is 38.5 Å². The third kappa shape index (κ3) is 10.5. The number of carbonyl (C=O) groups excluding carboxylic acids is 3. The van der Waals surface area contributed by atoms with Crippen LogP contribution in [0.1, 0.15) is 32.4 Å². The first-order valence-corrected chi connectivity index (χ1v) is 12.6. The van der Waals surface area contributed by atoms with E-state index in [4.69, 9.17) is 5.73 Å². The molecule has 11 nitrogen and oxygen atoms in total. The molecule has 1 rings (SSSR count). The van der Waals surface area contributed by atoms with Crippen molar-refractivity contribution in [3.8, 4) is 0 Å². The number of thiol groups is 1. The average Bonchev–Trinajstić information content (AvgIpc) is 3.26. The summed E-state index contributed by atoms with van der Waals surface area (Å²) in [5, 5.41) is 17.0. The van der Waals surface area contributed by atoms with Crippen molar-refractivity contribution in [3.63, 3.8) is 0 Å². The van der Waals surface area contributed by atoms with Gasteiger partial charge in [0.2, 0.25) is 17.7 Å². The number of nitrogens with two attached hydrogens (primary N) is 1. The van der Waals surface area contributed by atoms with E-state index in [-0.39, 0.29) is 24.5 Å². The minimum atomic E-state index is -1.16. The maximum Gasteiger partial charge on any atom is 0.326 e. The quantitative estimate of drug-likeness (QED) is 0.158. The number of thioether (sulfide) groups is 1. The fourth-order valence-electron chi connectivity index (χ4n) is 2.95. The molecule has 0 aliphatic rings. The first-order chi connectivity index (χ1) is 15.6. The minimum Gasteiger partial charge on any atom is -0.480 e. The first-order valence-electron chi connectivity index (χ1n) is 10.6. The summed E-state index contributed by atoms with van der Waals surface area (Å²) in [6.45, 7) is 3.86.